The van der Waals surface area contributed by atoms with Crippen LogP contribution in [0.4, 0.5) is 132 Å². The van der Waals surface area contributed by atoms with Gasteiger partial charge in [0.25, 0.3) is 0 Å². The highest BCUT2D eigenvalue weighted by Crippen LogP contribution is 2.65. The van der Waals surface area contributed by atoms with Crippen LogP contribution in [0.5, 0.6) is 0 Å². The average molecular weight is 802 g/mol. The zero-order valence-corrected chi connectivity index (χ0v) is 20.6. The Bertz CT molecular complexity index is 1040. The third-order valence-electron chi connectivity index (χ3n) is 4.49. The molecule has 0 saturated heterocycles. The summed E-state index contributed by atoms with van der Waals surface area (Å²) in [6.45, 7) is 0. The van der Waals surface area contributed by atoms with Crippen molar-refractivity contribution in [1.29, 1.82) is 0 Å². The fourth-order valence-corrected chi connectivity index (χ4v) is 4.50. The molecule has 0 aromatic rings. The van der Waals surface area contributed by atoms with Crippen LogP contribution < -0.4 is 0 Å². The zero-order valence-electron chi connectivity index (χ0n) is 19.6. The van der Waals surface area contributed by atoms with Crippen LogP contribution in [0.1, 0.15) is 0 Å². The van der Waals surface area contributed by atoms with Crippen molar-refractivity contribution in [3.05, 3.63) is 0 Å². The van der Waals surface area contributed by atoms with E-state index in [1.54, 1.807) is 0 Å². The minimum Gasteiger partial charge on any atom is -0.302 e. The first-order valence-electron chi connectivity index (χ1n) is 9.39. The average Bonchev–Trinajstić information content (AvgIpc) is 2.74. The molecule has 47 heavy (non-hydrogen) atoms. The van der Waals surface area contributed by atoms with Crippen molar-refractivity contribution >= 4 is 8.80 Å². The molecule has 0 amide bonds. The van der Waals surface area contributed by atoms with Crippen LogP contribution >= 0.6 is 0 Å². The van der Waals surface area contributed by atoms with E-state index in [0.29, 0.717) is 0 Å². The van der Waals surface area contributed by atoms with Gasteiger partial charge < -0.3 is 13.3 Å². The van der Waals surface area contributed by atoms with Crippen molar-refractivity contribution < 1.29 is 145 Å². The van der Waals surface area contributed by atoms with Gasteiger partial charge in [-0.2, -0.15) is 132 Å². The summed E-state index contributed by atoms with van der Waals surface area (Å²) in [6.07, 6.45) is -59.1. The Morgan fingerprint density at radius 1 is 0.234 bits per heavy atom. The van der Waals surface area contributed by atoms with Gasteiger partial charge in [-0.05, 0) is 0 Å². The summed E-state index contributed by atoms with van der Waals surface area (Å²) in [5.41, 5.74) is -9.89. The van der Waals surface area contributed by atoms with Gasteiger partial charge in [-0.25, -0.2) is 0 Å². The van der Waals surface area contributed by atoms with Crippen LogP contribution in [0.3, 0.4) is 0 Å². The molecule has 0 radical (unpaired) electrons. The Balaban J connectivity index is 8.44. The van der Waals surface area contributed by atoms with E-state index in [1.807, 2.05) is 0 Å². The molecule has 0 bridgehead atoms. The van der Waals surface area contributed by atoms with E-state index in [4.69, 9.17) is 0 Å². The molecule has 0 heterocycles. The van der Waals surface area contributed by atoms with Gasteiger partial charge in [0.05, 0.1) is 0 Å². The summed E-state index contributed by atoms with van der Waals surface area (Å²) in [6, 6.07) is 0. The molecule has 0 atom stereocenters. The molecule has 0 aliphatic carbocycles. The van der Waals surface area contributed by atoms with Crippen LogP contribution in [0.15, 0.2) is 0 Å². The van der Waals surface area contributed by atoms with Crippen LogP contribution in [-0.2, 0) is 13.3 Å². The molecular weight excluding hydrogens is 802 g/mol. The molecule has 0 N–H and O–H groups in total. The van der Waals surface area contributed by atoms with Crippen molar-refractivity contribution in [2.45, 2.75) is 78.2 Å². The second kappa shape index (κ2) is 11.3. The third-order valence-corrected chi connectivity index (χ3v) is 7.15. The highest BCUT2D eigenvalue weighted by Gasteiger charge is 2.98. The lowest BCUT2D eigenvalue weighted by atomic mass is 9.94. The van der Waals surface area contributed by atoms with Crippen molar-refractivity contribution in [3.63, 3.8) is 0 Å². The number of halogens is 30. The third kappa shape index (κ3) is 6.91. The lowest BCUT2D eigenvalue weighted by Gasteiger charge is -2.46. The first-order valence-corrected chi connectivity index (χ1v) is 11.1. The fourth-order valence-electron chi connectivity index (χ4n) is 2.09. The topological polar surface area (TPSA) is 27.7 Å². The maximum Gasteiger partial charge on any atom is 0.595 e. The van der Waals surface area contributed by atoms with Crippen LogP contribution in [-0.4, -0.2) is 87.0 Å². The predicted molar refractivity (Wildman–Crippen MR) is 77.8 cm³/mol. The summed E-state index contributed by atoms with van der Waals surface area (Å²) in [5.74, 6) is -47.9. The summed E-state index contributed by atoms with van der Waals surface area (Å²) in [5, 5.41) is 0. The molecule has 0 spiro atoms. The van der Waals surface area contributed by atoms with E-state index < -0.39 is 87.0 Å². The van der Waals surface area contributed by atoms with Crippen LogP contribution in [0.2, 0.25) is 0 Å². The van der Waals surface area contributed by atoms with Gasteiger partial charge in [0, 0.05) is 0 Å². The van der Waals surface area contributed by atoms with Gasteiger partial charge >= 0.3 is 87.0 Å². The van der Waals surface area contributed by atoms with Crippen molar-refractivity contribution in [2.24, 2.45) is 0 Å². The maximum absolute atomic E-state index is 14.6. The Labute approximate surface area is 233 Å². The fraction of sp³-hybridized carbons (Fsp3) is 1.00. The number of hydrogen-bond acceptors (Lipinski definition) is 3. The van der Waals surface area contributed by atoms with Crippen molar-refractivity contribution in [3.8, 4) is 0 Å². The van der Waals surface area contributed by atoms with Crippen LogP contribution in [0.25, 0.3) is 0 Å². The number of rotatable bonds is 12. The first-order chi connectivity index (χ1) is 19.6. The molecule has 0 saturated carbocycles. The molecule has 0 aromatic heterocycles. The van der Waals surface area contributed by atoms with Crippen LogP contribution in [0, 0.1) is 0 Å². The van der Waals surface area contributed by atoms with Gasteiger partial charge in [0.1, 0.15) is 0 Å². The predicted octanol–water partition coefficient (Wildman–Crippen LogP) is 9.35. The highest BCUT2D eigenvalue weighted by atomic mass is 28.4. The monoisotopic (exact) mass is 802 g/mol. The standard InChI is InChI=1S/C13F30O3Si/c14-1(15,2(16,17)4(20,21)6(24,25)26)3(18,19)5(22,23)13(42,43)47(44-10(36,37)7(27,28)29,45-11(38,39)8(30,31)32)46-12(40,41)9(33,34)35. The number of alkyl halides is 30. The molecular formula is C13F30O3Si. The Morgan fingerprint density at radius 2 is 0.426 bits per heavy atom. The second-order valence-electron chi connectivity index (χ2n) is 7.85. The SMILES string of the molecule is FC(F)(F)C(F)(F)O[Si](OC(F)(F)C(F)(F)F)(OC(F)(F)C(F)(F)F)C(F)(F)C(F)(F)C(F)(F)C(F)(F)C(F)(F)C(F)(F)C(F)(F)F. The Hall–Kier alpha value is -2.00. The number of hydrogen-bond donors (Lipinski definition) is 0. The smallest absolute Gasteiger partial charge is 0.302 e. The first kappa shape index (κ1) is 45.0. The summed E-state index contributed by atoms with van der Waals surface area (Å²) in [7, 11) is -11.7. The van der Waals surface area contributed by atoms with E-state index in [9.17, 15) is 132 Å². The quantitative estimate of drug-likeness (QED) is 0.146. The molecule has 0 aromatic carbocycles. The highest BCUT2D eigenvalue weighted by molar-refractivity contribution is 6.64. The second-order valence-corrected chi connectivity index (χ2v) is 10.2. The lowest BCUT2D eigenvalue weighted by molar-refractivity contribution is -0.459. The summed E-state index contributed by atoms with van der Waals surface area (Å²) < 4.78 is 396. The van der Waals surface area contributed by atoms with E-state index in [1.165, 1.54) is 0 Å². The van der Waals surface area contributed by atoms with Gasteiger partial charge in [0.15, 0.2) is 0 Å². The minimum atomic E-state index is -11.7. The van der Waals surface area contributed by atoms with Crippen molar-refractivity contribution in [1.82, 2.24) is 0 Å². The zero-order chi connectivity index (χ0) is 39.1. The van der Waals surface area contributed by atoms with Gasteiger partial charge in [0.2, 0.25) is 0 Å². The molecule has 0 aliphatic heterocycles. The molecule has 0 rings (SSSR count). The molecule has 0 unspecified atom stereocenters. The minimum absolute atomic E-state index is 1.07. The lowest BCUT2D eigenvalue weighted by Crippen LogP contribution is -2.80. The molecule has 34 heteroatoms. The molecule has 284 valence electrons. The van der Waals surface area contributed by atoms with E-state index in [-0.39, 0.29) is 0 Å². The normalized spacial score (nSPS) is 17.0. The molecule has 0 fully saturated rings. The van der Waals surface area contributed by atoms with E-state index in [2.05, 4.69) is 0 Å². The largest absolute Gasteiger partial charge is 0.595 e. The van der Waals surface area contributed by atoms with Gasteiger partial charge in [-0.1, -0.05) is 0 Å². The maximum atomic E-state index is 14.6. The Kier molecular flexibility index (Phi) is 10.8. The summed E-state index contributed by atoms with van der Waals surface area (Å²) >= 11 is 0. The van der Waals surface area contributed by atoms with Crippen molar-refractivity contribution in [2.75, 3.05) is 0 Å². The molecule has 3 nitrogen and oxygen atoms in total. The van der Waals surface area contributed by atoms with E-state index in [0.717, 1.165) is 13.3 Å². The van der Waals surface area contributed by atoms with Gasteiger partial charge in [-0.15, -0.1) is 0 Å². The molecule has 0 aliphatic rings. The van der Waals surface area contributed by atoms with Gasteiger partial charge in [-0.3, -0.25) is 0 Å². The summed E-state index contributed by atoms with van der Waals surface area (Å²) in [4.78, 5) is 0. The van der Waals surface area contributed by atoms with E-state index >= 15 is 0 Å². The Morgan fingerprint density at radius 3 is 0.617 bits per heavy atom.